The number of nitrogens with one attached hydrogen (secondary N) is 2. The van der Waals surface area contributed by atoms with Crippen molar-refractivity contribution in [2.45, 2.75) is 6.61 Å². The highest BCUT2D eigenvalue weighted by Gasteiger charge is 2.12. The number of aromatic nitrogens is 1. The highest BCUT2D eigenvalue weighted by Crippen LogP contribution is 2.23. The van der Waals surface area contributed by atoms with E-state index in [4.69, 9.17) is 0 Å². The molecule has 0 spiro atoms. The van der Waals surface area contributed by atoms with Crippen molar-refractivity contribution in [1.29, 1.82) is 0 Å². The number of carbonyl (C=O) groups is 1. The van der Waals surface area contributed by atoms with E-state index >= 15 is 0 Å². The van der Waals surface area contributed by atoms with Gasteiger partial charge < -0.3 is 15.0 Å². The van der Waals surface area contributed by atoms with Gasteiger partial charge in [0.05, 0.1) is 0 Å². The molecule has 0 aliphatic rings. The summed E-state index contributed by atoms with van der Waals surface area (Å²) < 4.78 is 41.4. The van der Waals surface area contributed by atoms with Gasteiger partial charge in [-0.25, -0.2) is 4.39 Å². The number of pyridine rings is 1. The third-order valence-electron chi connectivity index (χ3n) is 2.42. The Hall–Kier alpha value is -2.77. The van der Waals surface area contributed by atoms with Crippen molar-refractivity contribution in [3.63, 3.8) is 0 Å². The van der Waals surface area contributed by atoms with Crippen molar-refractivity contribution in [1.82, 2.24) is 4.98 Å². The predicted octanol–water partition coefficient (Wildman–Crippen LogP) is 2.37. The predicted molar refractivity (Wildman–Crippen MR) is 68.0 cm³/mol. The normalized spacial score (nSPS) is 10.5. The van der Waals surface area contributed by atoms with Crippen LogP contribution in [-0.2, 0) is 0 Å². The first-order valence-electron chi connectivity index (χ1n) is 5.71. The number of benzene rings is 1. The Bertz CT molecular complexity index is 716. The van der Waals surface area contributed by atoms with Crippen LogP contribution in [0.4, 0.5) is 18.9 Å². The molecule has 0 bridgehead atoms. The Morgan fingerprint density at radius 1 is 1.24 bits per heavy atom. The van der Waals surface area contributed by atoms with Gasteiger partial charge >= 0.3 is 6.61 Å². The molecule has 2 rings (SSSR count). The molecule has 0 fully saturated rings. The zero-order valence-corrected chi connectivity index (χ0v) is 10.4. The molecule has 1 amide bonds. The van der Waals surface area contributed by atoms with Crippen LogP contribution in [-0.4, -0.2) is 17.5 Å². The number of halogens is 3. The second-order valence-corrected chi connectivity index (χ2v) is 3.91. The lowest BCUT2D eigenvalue weighted by Gasteiger charge is -2.08. The minimum Gasteiger partial charge on any atom is -0.432 e. The van der Waals surface area contributed by atoms with Gasteiger partial charge in [-0.3, -0.25) is 9.59 Å². The molecule has 110 valence electrons. The average molecular weight is 298 g/mol. The number of carbonyl (C=O) groups excluding carboxylic acids is 1. The Morgan fingerprint density at radius 3 is 2.62 bits per heavy atom. The molecule has 0 atom stereocenters. The monoisotopic (exact) mass is 298 g/mol. The molecular formula is C13H9F3N2O3. The number of rotatable bonds is 4. The van der Waals surface area contributed by atoms with Crippen molar-refractivity contribution in [3.05, 3.63) is 58.3 Å². The summed E-state index contributed by atoms with van der Waals surface area (Å²) in [4.78, 5) is 25.1. The molecule has 2 N–H and O–H groups in total. The minimum atomic E-state index is -3.14. The molecule has 21 heavy (non-hydrogen) atoms. The molecule has 2 aromatic rings. The van der Waals surface area contributed by atoms with Gasteiger partial charge in [-0.05, 0) is 18.2 Å². The molecular weight excluding hydrogens is 289 g/mol. The van der Waals surface area contributed by atoms with Gasteiger partial charge in [-0.2, -0.15) is 8.78 Å². The number of aromatic amines is 1. The lowest BCUT2D eigenvalue weighted by Crippen LogP contribution is -2.18. The van der Waals surface area contributed by atoms with Gasteiger partial charge in [0.25, 0.3) is 5.91 Å². The molecule has 8 heteroatoms. The largest absolute Gasteiger partial charge is 0.432 e. The van der Waals surface area contributed by atoms with Crippen LogP contribution >= 0.6 is 0 Å². The van der Waals surface area contributed by atoms with Gasteiger partial charge in [0.1, 0.15) is 5.69 Å². The molecule has 1 heterocycles. The van der Waals surface area contributed by atoms with E-state index < -0.39 is 29.6 Å². The van der Waals surface area contributed by atoms with E-state index in [1.807, 2.05) is 0 Å². The van der Waals surface area contributed by atoms with E-state index in [0.717, 1.165) is 12.1 Å². The van der Waals surface area contributed by atoms with Crippen molar-refractivity contribution in [2.24, 2.45) is 0 Å². The van der Waals surface area contributed by atoms with Crippen LogP contribution in [0.3, 0.4) is 0 Å². The Balaban J connectivity index is 2.15. The number of hydrogen-bond acceptors (Lipinski definition) is 3. The number of anilines is 1. The zero-order chi connectivity index (χ0) is 15.4. The fraction of sp³-hybridized carbons (Fsp3) is 0.0769. The van der Waals surface area contributed by atoms with Crippen molar-refractivity contribution < 1.29 is 22.7 Å². The van der Waals surface area contributed by atoms with Crippen LogP contribution in [0.15, 0.2) is 41.2 Å². The third kappa shape index (κ3) is 3.85. The summed E-state index contributed by atoms with van der Waals surface area (Å²) in [6.45, 7) is -3.14. The molecule has 0 aliphatic heterocycles. The topological polar surface area (TPSA) is 71.2 Å². The first kappa shape index (κ1) is 14.6. The van der Waals surface area contributed by atoms with Crippen LogP contribution in [0.25, 0.3) is 0 Å². The average Bonchev–Trinajstić information content (AvgIpc) is 2.41. The zero-order valence-electron chi connectivity index (χ0n) is 10.4. The van der Waals surface area contributed by atoms with E-state index in [9.17, 15) is 22.8 Å². The van der Waals surface area contributed by atoms with Crippen LogP contribution in [0.1, 0.15) is 10.5 Å². The Labute approximate surface area is 116 Å². The summed E-state index contributed by atoms with van der Waals surface area (Å²) in [5.41, 5.74) is -0.450. The maximum atomic E-state index is 13.5. The first-order chi connectivity index (χ1) is 9.95. The second-order valence-electron chi connectivity index (χ2n) is 3.91. The van der Waals surface area contributed by atoms with Crippen molar-refractivity contribution in [3.8, 4) is 5.75 Å². The van der Waals surface area contributed by atoms with E-state index in [-0.39, 0.29) is 11.4 Å². The van der Waals surface area contributed by atoms with Crippen molar-refractivity contribution in [2.75, 3.05) is 5.32 Å². The second kappa shape index (κ2) is 6.12. The van der Waals surface area contributed by atoms with Crippen LogP contribution in [0, 0.1) is 5.82 Å². The van der Waals surface area contributed by atoms with Crippen LogP contribution in [0.5, 0.6) is 5.75 Å². The number of amides is 1. The SMILES string of the molecule is O=C(Nc1ccc(OC(F)F)c(F)c1)c1cccc(=O)[nH]1. The minimum absolute atomic E-state index is 0.0178. The van der Waals surface area contributed by atoms with Crippen LogP contribution < -0.4 is 15.6 Å². The van der Waals surface area contributed by atoms with Gasteiger partial charge in [0.2, 0.25) is 5.56 Å². The number of hydrogen-bond donors (Lipinski definition) is 2. The summed E-state index contributed by atoms with van der Waals surface area (Å²) in [6, 6.07) is 6.96. The smallest absolute Gasteiger partial charge is 0.387 e. The summed E-state index contributed by atoms with van der Waals surface area (Å²) >= 11 is 0. The standard InChI is InChI=1S/C13H9F3N2O3/c14-8-6-7(4-5-10(8)21-13(15)16)17-12(20)9-2-1-3-11(19)18-9/h1-6,13H,(H,17,20)(H,18,19). The van der Waals surface area contributed by atoms with E-state index in [2.05, 4.69) is 15.0 Å². The van der Waals surface area contributed by atoms with Gasteiger partial charge in [-0.15, -0.1) is 0 Å². The lowest BCUT2D eigenvalue weighted by atomic mass is 10.2. The summed E-state index contributed by atoms with van der Waals surface area (Å²) in [7, 11) is 0. The van der Waals surface area contributed by atoms with E-state index in [0.29, 0.717) is 0 Å². The lowest BCUT2D eigenvalue weighted by molar-refractivity contribution is -0.0521. The Morgan fingerprint density at radius 2 is 2.00 bits per heavy atom. The highest BCUT2D eigenvalue weighted by molar-refractivity contribution is 6.02. The number of alkyl halides is 2. The van der Waals surface area contributed by atoms with Gasteiger partial charge in [0.15, 0.2) is 11.6 Å². The quantitative estimate of drug-likeness (QED) is 0.910. The third-order valence-corrected chi connectivity index (χ3v) is 2.42. The number of H-pyrrole nitrogens is 1. The molecule has 0 radical (unpaired) electrons. The molecule has 5 nitrogen and oxygen atoms in total. The molecule has 1 aromatic carbocycles. The summed E-state index contributed by atoms with van der Waals surface area (Å²) in [5.74, 6) is -2.35. The fourth-order valence-corrected chi connectivity index (χ4v) is 1.55. The van der Waals surface area contributed by atoms with Gasteiger partial charge in [-0.1, -0.05) is 6.07 Å². The highest BCUT2D eigenvalue weighted by atomic mass is 19.3. The maximum absolute atomic E-state index is 13.5. The summed E-state index contributed by atoms with van der Waals surface area (Å²) in [6.07, 6.45) is 0. The first-order valence-corrected chi connectivity index (χ1v) is 5.71. The molecule has 0 saturated heterocycles. The molecule has 0 aliphatic carbocycles. The fourth-order valence-electron chi connectivity index (χ4n) is 1.55. The van der Waals surface area contributed by atoms with Gasteiger partial charge in [0, 0.05) is 17.8 Å². The van der Waals surface area contributed by atoms with Crippen molar-refractivity contribution >= 4 is 11.6 Å². The van der Waals surface area contributed by atoms with E-state index in [1.165, 1.54) is 24.3 Å². The molecule has 0 unspecified atom stereocenters. The Kier molecular flexibility index (Phi) is 4.27. The molecule has 0 saturated carbocycles. The van der Waals surface area contributed by atoms with Crippen LogP contribution in [0.2, 0.25) is 0 Å². The maximum Gasteiger partial charge on any atom is 0.387 e. The van der Waals surface area contributed by atoms with E-state index in [1.54, 1.807) is 0 Å². The summed E-state index contributed by atoms with van der Waals surface area (Å²) in [5, 5.41) is 2.31. The number of ether oxygens (including phenoxy) is 1. The molecule has 1 aromatic heterocycles.